The van der Waals surface area contributed by atoms with Crippen LogP contribution in [0.1, 0.15) is 39.6 Å². The number of esters is 1. The summed E-state index contributed by atoms with van der Waals surface area (Å²) < 4.78 is 5.88. The van der Waals surface area contributed by atoms with Gasteiger partial charge in [0.25, 0.3) is 0 Å². The molecule has 0 aliphatic carbocycles. The van der Waals surface area contributed by atoms with Crippen LogP contribution in [0.5, 0.6) is 0 Å². The molecule has 4 heteroatoms. The summed E-state index contributed by atoms with van der Waals surface area (Å²) in [6, 6.07) is 12.8. The molecule has 0 amide bonds. The summed E-state index contributed by atoms with van der Waals surface area (Å²) >= 11 is 0. The quantitative estimate of drug-likeness (QED) is 0.777. The van der Waals surface area contributed by atoms with Gasteiger partial charge in [-0.25, -0.2) is 4.79 Å². The van der Waals surface area contributed by atoms with Crippen LogP contribution in [-0.4, -0.2) is 33.2 Å². The summed E-state index contributed by atoms with van der Waals surface area (Å²) in [7, 11) is 3.98. The zero-order valence-corrected chi connectivity index (χ0v) is 15.4. The normalized spacial score (nSPS) is 23.3. The first-order valence-electron chi connectivity index (χ1n) is 9.50. The number of anilines is 2. The van der Waals surface area contributed by atoms with E-state index in [-0.39, 0.29) is 12.1 Å². The van der Waals surface area contributed by atoms with Crippen LogP contribution in [-0.2, 0) is 17.6 Å². The zero-order valence-electron chi connectivity index (χ0n) is 15.4. The molecule has 0 radical (unpaired) electrons. The summed E-state index contributed by atoms with van der Waals surface area (Å²) in [5, 5.41) is 0. The topological polar surface area (TPSA) is 32.8 Å². The number of para-hydroxylation sites is 1. The van der Waals surface area contributed by atoms with Crippen LogP contribution in [0.15, 0.2) is 36.4 Å². The maximum absolute atomic E-state index is 12.5. The Labute approximate surface area is 154 Å². The minimum Gasteiger partial charge on any atom is -0.453 e. The third-order valence-corrected chi connectivity index (χ3v) is 6.07. The van der Waals surface area contributed by atoms with Crippen molar-refractivity contribution in [2.45, 2.75) is 25.4 Å². The highest BCUT2D eigenvalue weighted by Gasteiger charge is 2.40. The molecule has 4 nitrogen and oxygen atoms in total. The van der Waals surface area contributed by atoms with Crippen molar-refractivity contribution >= 4 is 17.3 Å². The molecule has 5 rings (SSSR count). The van der Waals surface area contributed by atoms with Crippen LogP contribution in [0.2, 0.25) is 0 Å². The molecule has 134 valence electrons. The second-order valence-corrected chi connectivity index (χ2v) is 7.93. The van der Waals surface area contributed by atoms with Crippen LogP contribution < -0.4 is 9.80 Å². The standard InChI is InChI=1S/C22H24N2O2/c1-23(2)17-8-9-18-19(12-17)22(25)26-21(18)16-11-15-6-3-5-14-7-4-10-24(13-16)20(14)15/h3,5-6,8-9,12,16,21H,4,7,10-11,13H2,1-2H3. The Bertz CT molecular complexity index is 890. The molecule has 3 aliphatic rings. The van der Waals surface area contributed by atoms with E-state index < -0.39 is 0 Å². The van der Waals surface area contributed by atoms with Crippen molar-refractivity contribution in [3.63, 3.8) is 0 Å². The summed E-state index contributed by atoms with van der Waals surface area (Å²) in [5.74, 6) is 0.137. The van der Waals surface area contributed by atoms with Gasteiger partial charge in [-0.3, -0.25) is 0 Å². The third-order valence-electron chi connectivity index (χ3n) is 6.07. The second-order valence-electron chi connectivity index (χ2n) is 7.93. The van der Waals surface area contributed by atoms with Crippen molar-refractivity contribution in [3.8, 4) is 0 Å². The number of fused-ring (bicyclic) bond motifs is 1. The number of ether oxygens (including phenoxy) is 1. The van der Waals surface area contributed by atoms with E-state index in [2.05, 4.69) is 35.2 Å². The van der Waals surface area contributed by atoms with Gasteiger partial charge in [0.15, 0.2) is 0 Å². The Morgan fingerprint density at radius 3 is 2.85 bits per heavy atom. The fraction of sp³-hybridized carbons (Fsp3) is 0.409. The number of hydrogen-bond donors (Lipinski definition) is 0. The van der Waals surface area contributed by atoms with E-state index in [0.29, 0.717) is 5.92 Å². The van der Waals surface area contributed by atoms with Crippen LogP contribution in [0.4, 0.5) is 11.4 Å². The van der Waals surface area contributed by atoms with Crippen molar-refractivity contribution in [2.75, 3.05) is 37.0 Å². The van der Waals surface area contributed by atoms with Crippen molar-refractivity contribution in [1.82, 2.24) is 0 Å². The Hall–Kier alpha value is -2.49. The summed E-state index contributed by atoms with van der Waals surface area (Å²) in [5.41, 5.74) is 7.17. The van der Waals surface area contributed by atoms with Crippen LogP contribution in [0.25, 0.3) is 0 Å². The zero-order chi connectivity index (χ0) is 17.8. The predicted molar refractivity (Wildman–Crippen MR) is 103 cm³/mol. The molecular weight excluding hydrogens is 324 g/mol. The number of nitrogens with zero attached hydrogens (tertiary/aromatic N) is 2. The molecule has 0 N–H and O–H groups in total. The van der Waals surface area contributed by atoms with E-state index in [0.717, 1.165) is 36.3 Å². The van der Waals surface area contributed by atoms with Gasteiger partial charge in [0.1, 0.15) is 6.10 Å². The molecule has 2 aromatic rings. The van der Waals surface area contributed by atoms with E-state index in [1.165, 1.54) is 29.7 Å². The first-order valence-corrected chi connectivity index (χ1v) is 9.50. The maximum Gasteiger partial charge on any atom is 0.339 e. The average molecular weight is 348 g/mol. The first kappa shape index (κ1) is 15.7. The molecule has 0 fully saturated rings. The van der Waals surface area contributed by atoms with Gasteiger partial charge in [-0.15, -0.1) is 0 Å². The number of carbonyl (C=O) groups excluding carboxylic acids is 1. The van der Waals surface area contributed by atoms with Crippen molar-refractivity contribution in [2.24, 2.45) is 5.92 Å². The van der Waals surface area contributed by atoms with E-state index in [4.69, 9.17) is 4.74 Å². The van der Waals surface area contributed by atoms with Gasteiger partial charge in [-0.2, -0.15) is 0 Å². The Kier molecular flexibility index (Phi) is 3.49. The Morgan fingerprint density at radius 1 is 1.15 bits per heavy atom. The molecule has 26 heavy (non-hydrogen) atoms. The molecular formula is C22H24N2O2. The lowest BCUT2D eigenvalue weighted by Gasteiger charge is -2.41. The van der Waals surface area contributed by atoms with Crippen molar-refractivity contribution < 1.29 is 9.53 Å². The van der Waals surface area contributed by atoms with Crippen LogP contribution in [0, 0.1) is 5.92 Å². The molecule has 0 saturated carbocycles. The molecule has 2 atom stereocenters. The van der Waals surface area contributed by atoms with Gasteiger partial charge in [-0.05, 0) is 42.5 Å². The summed E-state index contributed by atoms with van der Waals surface area (Å²) in [6.07, 6.45) is 3.23. The molecule has 2 unspecified atom stereocenters. The minimum absolute atomic E-state index is 0.132. The van der Waals surface area contributed by atoms with Gasteiger partial charge in [0.2, 0.25) is 0 Å². The predicted octanol–water partition coefficient (Wildman–Crippen LogP) is 3.59. The molecule has 2 aromatic carbocycles. The van der Waals surface area contributed by atoms with Gasteiger partial charge in [-0.1, -0.05) is 24.3 Å². The smallest absolute Gasteiger partial charge is 0.339 e. The van der Waals surface area contributed by atoms with E-state index >= 15 is 0 Å². The SMILES string of the molecule is CN(C)c1ccc2c(c1)C(=O)OC2C1Cc2cccc3c2N(CCC3)C1. The molecule has 3 aliphatic heterocycles. The van der Waals surface area contributed by atoms with Gasteiger partial charge >= 0.3 is 5.97 Å². The highest BCUT2D eigenvalue weighted by atomic mass is 16.5. The van der Waals surface area contributed by atoms with Gasteiger partial charge in [0, 0.05) is 50.0 Å². The average Bonchev–Trinajstić information content (AvgIpc) is 2.98. The lowest BCUT2D eigenvalue weighted by Crippen LogP contribution is -2.41. The monoisotopic (exact) mass is 348 g/mol. The number of carbonyl (C=O) groups is 1. The molecule has 0 saturated heterocycles. The number of benzene rings is 2. The number of hydrogen-bond acceptors (Lipinski definition) is 4. The molecule has 3 heterocycles. The molecule has 0 aromatic heterocycles. The maximum atomic E-state index is 12.5. The van der Waals surface area contributed by atoms with Crippen molar-refractivity contribution in [1.29, 1.82) is 0 Å². The van der Waals surface area contributed by atoms with E-state index in [9.17, 15) is 4.79 Å². The number of cyclic esters (lactones) is 1. The summed E-state index contributed by atoms with van der Waals surface area (Å²) in [4.78, 5) is 17.0. The summed E-state index contributed by atoms with van der Waals surface area (Å²) in [6.45, 7) is 2.07. The van der Waals surface area contributed by atoms with Gasteiger partial charge < -0.3 is 14.5 Å². The van der Waals surface area contributed by atoms with E-state index in [1.807, 2.05) is 25.1 Å². The highest BCUT2D eigenvalue weighted by molar-refractivity contribution is 5.95. The fourth-order valence-electron chi connectivity index (χ4n) is 4.84. The molecule has 0 bridgehead atoms. The largest absolute Gasteiger partial charge is 0.453 e. The molecule has 0 spiro atoms. The first-order chi connectivity index (χ1) is 12.6. The van der Waals surface area contributed by atoms with Crippen molar-refractivity contribution in [3.05, 3.63) is 58.7 Å². The van der Waals surface area contributed by atoms with Crippen LogP contribution >= 0.6 is 0 Å². The van der Waals surface area contributed by atoms with Gasteiger partial charge in [0.05, 0.1) is 5.56 Å². The lowest BCUT2D eigenvalue weighted by atomic mass is 9.82. The third kappa shape index (κ3) is 2.32. The second kappa shape index (κ2) is 5.76. The number of rotatable bonds is 2. The number of aryl methyl sites for hydroxylation is 1. The highest BCUT2D eigenvalue weighted by Crippen LogP contribution is 2.44. The Balaban J connectivity index is 1.50. The minimum atomic E-state index is -0.174. The Morgan fingerprint density at radius 2 is 2.00 bits per heavy atom. The van der Waals surface area contributed by atoms with Crippen LogP contribution in [0.3, 0.4) is 0 Å². The fourth-order valence-corrected chi connectivity index (χ4v) is 4.84. The van der Waals surface area contributed by atoms with E-state index in [1.54, 1.807) is 0 Å². The lowest BCUT2D eigenvalue weighted by molar-refractivity contribution is 0.0238.